The summed E-state index contributed by atoms with van der Waals surface area (Å²) in [5.41, 5.74) is 1.30. The molecule has 0 aliphatic heterocycles. The molecular weight excluding hydrogens is 174 g/mol. The summed E-state index contributed by atoms with van der Waals surface area (Å²) < 4.78 is 4.51. The Bertz CT molecular complexity index is 271. The van der Waals surface area contributed by atoms with Crippen LogP contribution in [0.1, 0.15) is 16.1 Å². The molecule has 64 valence electrons. The second kappa shape index (κ2) is 4.11. The molecule has 3 nitrogen and oxygen atoms in total. The molecule has 1 heterocycles. The summed E-state index contributed by atoms with van der Waals surface area (Å²) in [6.45, 7) is 0. The van der Waals surface area contributed by atoms with E-state index in [0.717, 1.165) is 5.69 Å². The van der Waals surface area contributed by atoms with Crippen LogP contribution in [0, 0.1) is 0 Å². The predicted molar refractivity (Wildman–Crippen MR) is 48.3 cm³/mol. The van der Waals surface area contributed by atoms with Gasteiger partial charge in [-0.15, -0.1) is 0 Å². The van der Waals surface area contributed by atoms with Gasteiger partial charge < -0.3 is 4.74 Å². The van der Waals surface area contributed by atoms with E-state index in [4.69, 9.17) is 0 Å². The number of esters is 1. The molecule has 1 aromatic heterocycles. The SMILES string of the molecule is COC(=O)c1ccc(CS)nc1. The lowest BCUT2D eigenvalue weighted by molar-refractivity contribution is 0.0600. The van der Waals surface area contributed by atoms with Gasteiger partial charge in [-0.2, -0.15) is 12.6 Å². The maximum Gasteiger partial charge on any atom is 0.339 e. The van der Waals surface area contributed by atoms with E-state index in [-0.39, 0.29) is 5.97 Å². The number of ether oxygens (including phenoxy) is 1. The van der Waals surface area contributed by atoms with E-state index in [0.29, 0.717) is 11.3 Å². The first-order valence-corrected chi connectivity index (χ1v) is 4.05. The Labute approximate surface area is 76.2 Å². The number of thiol groups is 1. The molecule has 0 fully saturated rings. The number of methoxy groups -OCH3 is 1. The van der Waals surface area contributed by atoms with E-state index in [2.05, 4.69) is 22.3 Å². The molecule has 0 amide bonds. The fraction of sp³-hybridized carbons (Fsp3) is 0.250. The topological polar surface area (TPSA) is 39.2 Å². The second-order valence-corrected chi connectivity index (χ2v) is 2.50. The lowest BCUT2D eigenvalue weighted by Crippen LogP contribution is -2.01. The minimum atomic E-state index is -0.367. The van der Waals surface area contributed by atoms with Crippen LogP contribution in [0.3, 0.4) is 0 Å². The number of aromatic nitrogens is 1. The van der Waals surface area contributed by atoms with Gasteiger partial charge in [0.2, 0.25) is 0 Å². The van der Waals surface area contributed by atoms with Crippen LogP contribution in [0.15, 0.2) is 18.3 Å². The van der Waals surface area contributed by atoms with Gasteiger partial charge in [0, 0.05) is 11.9 Å². The van der Waals surface area contributed by atoms with Crippen molar-refractivity contribution < 1.29 is 9.53 Å². The number of nitrogens with zero attached hydrogens (tertiary/aromatic N) is 1. The second-order valence-electron chi connectivity index (χ2n) is 2.19. The summed E-state index contributed by atoms with van der Waals surface area (Å²) in [5, 5.41) is 0. The summed E-state index contributed by atoms with van der Waals surface area (Å²) in [4.78, 5) is 14.9. The molecule has 0 unspecified atom stereocenters. The highest BCUT2D eigenvalue weighted by Crippen LogP contribution is 2.03. The highest BCUT2D eigenvalue weighted by atomic mass is 32.1. The molecule has 12 heavy (non-hydrogen) atoms. The van der Waals surface area contributed by atoms with Gasteiger partial charge in [0.15, 0.2) is 0 Å². The fourth-order valence-corrected chi connectivity index (χ4v) is 0.944. The molecule has 1 rings (SSSR count). The molecule has 0 saturated carbocycles. The number of pyridine rings is 1. The van der Waals surface area contributed by atoms with Gasteiger partial charge >= 0.3 is 5.97 Å². The fourth-order valence-electron chi connectivity index (χ4n) is 0.757. The summed E-state index contributed by atoms with van der Waals surface area (Å²) in [6, 6.07) is 3.42. The van der Waals surface area contributed by atoms with Crippen molar-refractivity contribution in [2.24, 2.45) is 0 Å². The third kappa shape index (κ3) is 1.98. The van der Waals surface area contributed by atoms with Crippen molar-refractivity contribution in [2.45, 2.75) is 5.75 Å². The molecule has 0 aliphatic rings. The number of carbonyl (C=O) groups is 1. The van der Waals surface area contributed by atoms with Crippen molar-refractivity contribution in [1.29, 1.82) is 0 Å². The number of rotatable bonds is 2. The summed E-state index contributed by atoms with van der Waals surface area (Å²) in [7, 11) is 1.34. The van der Waals surface area contributed by atoms with Crippen molar-refractivity contribution in [2.75, 3.05) is 7.11 Å². The standard InChI is InChI=1S/C8H9NO2S/c1-11-8(10)6-2-3-7(5-12)9-4-6/h2-4,12H,5H2,1H3. The van der Waals surface area contributed by atoms with E-state index in [1.54, 1.807) is 12.1 Å². The number of hydrogen-bond acceptors (Lipinski definition) is 4. The Hall–Kier alpha value is -1.03. The van der Waals surface area contributed by atoms with Gasteiger partial charge in [-0.1, -0.05) is 0 Å². The Morgan fingerprint density at radius 1 is 1.67 bits per heavy atom. The number of hydrogen-bond donors (Lipinski definition) is 1. The molecule has 4 heteroatoms. The minimum absolute atomic E-state index is 0.367. The average molecular weight is 183 g/mol. The van der Waals surface area contributed by atoms with Crippen LogP contribution in [0.25, 0.3) is 0 Å². The maximum absolute atomic E-state index is 10.9. The molecule has 0 aliphatic carbocycles. The molecule has 0 aromatic carbocycles. The quantitative estimate of drug-likeness (QED) is 0.555. The summed E-state index contributed by atoms with van der Waals surface area (Å²) in [6.07, 6.45) is 1.48. The molecule has 1 aromatic rings. The van der Waals surface area contributed by atoms with Crippen molar-refractivity contribution in [3.05, 3.63) is 29.6 Å². The molecule has 0 saturated heterocycles. The zero-order valence-electron chi connectivity index (χ0n) is 6.65. The summed E-state index contributed by atoms with van der Waals surface area (Å²) in [5.74, 6) is 0.203. The van der Waals surface area contributed by atoms with E-state index in [1.165, 1.54) is 13.3 Å². The Morgan fingerprint density at radius 3 is 2.83 bits per heavy atom. The predicted octanol–water partition coefficient (Wildman–Crippen LogP) is 1.30. The van der Waals surface area contributed by atoms with Crippen LogP contribution in [-0.2, 0) is 10.5 Å². The Balaban J connectivity index is 2.84. The monoisotopic (exact) mass is 183 g/mol. The highest BCUT2D eigenvalue weighted by Gasteiger charge is 2.03. The maximum atomic E-state index is 10.9. The normalized spacial score (nSPS) is 9.50. The molecule has 0 radical (unpaired) electrons. The highest BCUT2D eigenvalue weighted by molar-refractivity contribution is 7.79. The van der Waals surface area contributed by atoms with E-state index >= 15 is 0 Å². The van der Waals surface area contributed by atoms with Gasteiger partial charge in [-0.05, 0) is 12.1 Å². The van der Waals surface area contributed by atoms with Crippen LogP contribution in [0.4, 0.5) is 0 Å². The first-order chi connectivity index (χ1) is 5.77. The molecular formula is C8H9NO2S. The van der Waals surface area contributed by atoms with Crippen molar-refractivity contribution in [1.82, 2.24) is 4.98 Å². The van der Waals surface area contributed by atoms with Crippen molar-refractivity contribution >= 4 is 18.6 Å². The van der Waals surface area contributed by atoms with E-state index in [1.807, 2.05) is 0 Å². The van der Waals surface area contributed by atoms with Gasteiger partial charge in [-0.3, -0.25) is 4.98 Å². The largest absolute Gasteiger partial charge is 0.465 e. The first-order valence-electron chi connectivity index (χ1n) is 3.42. The van der Waals surface area contributed by atoms with Crippen molar-refractivity contribution in [3.63, 3.8) is 0 Å². The van der Waals surface area contributed by atoms with Gasteiger partial charge in [0.1, 0.15) is 0 Å². The number of carbonyl (C=O) groups excluding carboxylic acids is 1. The van der Waals surface area contributed by atoms with Gasteiger partial charge in [-0.25, -0.2) is 4.79 Å². The zero-order valence-corrected chi connectivity index (χ0v) is 7.54. The molecule has 0 atom stereocenters. The van der Waals surface area contributed by atoms with E-state index < -0.39 is 0 Å². The molecule has 0 spiro atoms. The van der Waals surface area contributed by atoms with Crippen molar-refractivity contribution in [3.8, 4) is 0 Å². The van der Waals surface area contributed by atoms with Crippen LogP contribution >= 0.6 is 12.6 Å². The summed E-state index contributed by atoms with van der Waals surface area (Å²) >= 11 is 4.04. The van der Waals surface area contributed by atoms with Crippen LogP contribution in [0.2, 0.25) is 0 Å². The smallest absolute Gasteiger partial charge is 0.339 e. The third-order valence-corrected chi connectivity index (χ3v) is 1.73. The Morgan fingerprint density at radius 2 is 2.42 bits per heavy atom. The minimum Gasteiger partial charge on any atom is -0.465 e. The Kier molecular flexibility index (Phi) is 3.10. The lowest BCUT2D eigenvalue weighted by Gasteiger charge is -1.98. The van der Waals surface area contributed by atoms with E-state index in [9.17, 15) is 4.79 Å². The lowest BCUT2D eigenvalue weighted by atomic mass is 10.2. The first kappa shape index (κ1) is 9.06. The molecule has 0 bridgehead atoms. The van der Waals surface area contributed by atoms with Crippen LogP contribution in [0.5, 0.6) is 0 Å². The van der Waals surface area contributed by atoms with Crippen LogP contribution in [-0.4, -0.2) is 18.1 Å². The third-order valence-electron chi connectivity index (χ3n) is 1.41. The van der Waals surface area contributed by atoms with Crippen LogP contribution < -0.4 is 0 Å². The molecule has 0 N–H and O–H groups in total. The van der Waals surface area contributed by atoms with Gasteiger partial charge in [0.25, 0.3) is 0 Å². The van der Waals surface area contributed by atoms with Gasteiger partial charge in [0.05, 0.1) is 18.4 Å². The average Bonchev–Trinajstić information content (AvgIpc) is 2.17. The zero-order chi connectivity index (χ0) is 8.97.